The van der Waals surface area contributed by atoms with E-state index in [-0.39, 0.29) is 79.8 Å². The van der Waals surface area contributed by atoms with Gasteiger partial charge in [-0.05, 0) is 122 Å². The molecule has 0 spiro atoms. The third kappa shape index (κ3) is 45.9. The van der Waals surface area contributed by atoms with Crippen LogP contribution in [0.1, 0.15) is 78.8 Å². The molecule has 6 unspecified atom stereocenters. The second-order valence-electron chi connectivity index (χ2n) is 25.3. The standard InChI is InChI=1S/C20H22BrNO2.C16H17BrCl3NO4.C13H16BrNO2.C13H23NOSi.C11H11BrO2.C3H2Cl4O2.I2.2HI.V/c1-2-24-20(23)19-14-22(12-15-6-4-3-5-7-15)13-18(19)16-8-10-17(21)11-9-16;1-2-24-14(22)13-8-21(15(23)25-9-16(18,19)20)7-12(13)10-3-5-11(17)6-4-10;1-2-17-13(16)12-8-15-7-11(12)9-3-5-10(14)6-4-9;1-15-11-14(12-16(2,3)4)10-13-8-6-5-7-9-13;1-2-14-11(13)8-5-9-3-6-10(12)7-4-9;4-2(8)9-1-3(5,6)7;1-2;;;/h3-11,18-19H,2,12-14H2,1H3;3-6,12-13H,2,7-9H2,1H3;3-6,11-12,15H,2,7-8H2,1H3;5-9H,10-12H2,1-4H3;3-8H,2H2,1H3;1H2;;2*1H;/q;;;;;;;;;+2/p-2/b;;;;8-5+;;;;;. The van der Waals surface area contributed by atoms with Crippen molar-refractivity contribution in [1.29, 1.82) is 0 Å². The number of ether oxygens (including phenoxy) is 7. The van der Waals surface area contributed by atoms with Gasteiger partial charge in [0.1, 0.15) is 13.2 Å². The van der Waals surface area contributed by atoms with Gasteiger partial charge in [0.25, 0.3) is 0 Å². The Morgan fingerprint density at radius 2 is 0.936 bits per heavy atom. The number of carbonyl (C=O) groups excluding carboxylic acids is 6. The summed E-state index contributed by atoms with van der Waals surface area (Å²) in [6.07, 6.45) is 3.70. The second-order valence-corrected chi connectivity index (χ2v) is 51.5. The van der Waals surface area contributed by atoms with E-state index in [0.717, 1.165) is 68.5 Å². The summed E-state index contributed by atoms with van der Waals surface area (Å²) in [7, 11) is 1.33. The maximum absolute atomic E-state index is 12.4. The van der Waals surface area contributed by atoms with Gasteiger partial charge < -0.3 is 43.4 Å². The molecule has 0 radical (unpaired) electrons. The van der Waals surface area contributed by atoms with Gasteiger partial charge in [0.15, 0.2) is 0 Å². The van der Waals surface area contributed by atoms with Gasteiger partial charge in [0.2, 0.25) is 7.59 Å². The van der Waals surface area contributed by atoms with E-state index < -0.39 is 33.1 Å². The Hall–Kier alpha value is -0.809. The number of benzene rings is 6. The summed E-state index contributed by atoms with van der Waals surface area (Å²) in [5, 5.41) is 3.26. The minimum atomic E-state index is -1.68. The summed E-state index contributed by atoms with van der Waals surface area (Å²) >= 11 is 59.7. The number of esters is 4. The van der Waals surface area contributed by atoms with Crippen LogP contribution in [-0.2, 0) is 74.9 Å². The zero-order valence-corrected chi connectivity index (χ0v) is 84.4. The Labute approximate surface area is 770 Å². The molecule has 6 aromatic carbocycles. The van der Waals surface area contributed by atoms with Crippen LogP contribution in [0, 0.1) is 17.8 Å². The third-order valence-corrected chi connectivity index (χ3v) is 19.9. The SMILES string of the molecule is CCOC(=O)/C=C/c1ccc(Br)cc1.CCOC(=O)C1CN(C(=O)OCC(Cl)(Cl)Cl)CC1c1ccc(Br)cc1.CCOC(=O)C1CN(Cc2ccccc2)CC1c1ccc(Br)cc1.CCOC(=O)C1CNCC1c1ccc(Br)cc1.COCN(Cc1ccccc1)C[Si](C)(C)C.II.O=C(Cl)OCC(Cl)(Cl)Cl.[I][V][I]. The molecule has 110 heavy (non-hydrogen) atoms. The monoisotopic (exact) mass is 2410 g/mol. The molecule has 3 aliphatic rings. The predicted molar refractivity (Wildman–Crippen MR) is 494 cm³/mol. The van der Waals surface area contributed by atoms with Crippen molar-refractivity contribution in [3.8, 4) is 0 Å². The molecule has 0 aliphatic carbocycles. The molecule has 1 N–H and O–H groups in total. The normalized spacial score (nSPS) is 17.0. The van der Waals surface area contributed by atoms with E-state index in [4.69, 9.17) is 110 Å². The van der Waals surface area contributed by atoms with Crippen molar-refractivity contribution in [1.82, 2.24) is 20.0 Å². The summed E-state index contributed by atoms with van der Waals surface area (Å²) in [4.78, 5) is 75.8. The van der Waals surface area contributed by atoms with E-state index in [1.807, 2.05) is 92.7 Å². The van der Waals surface area contributed by atoms with Crippen LogP contribution in [-0.4, -0.2) is 165 Å². The number of nitrogens with one attached hydrogen (secondary N) is 1. The molecule has 607 valence electrons. The van der Waals surface area contributed by atoms with Crippen LogP contribution in [0.25, 0.3) is 6.08 Å². The van der Waals surface area contributed by atoms with Crippen LogP contribution in [0.5, 0.6) is 0 Å². The topological polar surface area (TPSA) is 189 Å². The third-order valence-electron chi connectivity index (χ3n) is 15.6. The zero-order valence-electron chi connectivity index (χ0n) is 61.7. The Bertz CT molecular complexity index is 3640. The Balaban J connectivity index is 0.000000453. The van der Waals surface area contributed by atoms with Crippen LogP contribution >= 0.6 is 222 Å². The van der Waals surface area contributed by atoms with Crippen LogP contribution in [0.4, 0.5) is 9.59 Å². The summed E-state index contributed by atoms with van der Waals surface area (Å²) in [5.74, 6) is -1.24. The van der Waals surface area contributed by atoms with Crippen molar-refractivity contribution >= 4 is 272 Å². The number of hydrogen-bond acceptors (Lipinski definition) is 16. The number of carbonyl (C=O) groups is 6. The fourth-order valence-electron chi connectivity index (χ4n) is 11.3. The molecule has 17 nitrogen and oxygen atoms in total. The molecule has 3 aliphatic heterocycles. The number of halogens is 15. The molecular weight excluding hydrogens is 2330 g/mol. The molecule has 3 fully saturated rings. The molecule has 0 saturated carbocycles. The Kier molecular flexibility index (Phi) is 56.4. The number of rotatable bonds is 22. The van der Waals surface area contributed by atoms with Gasteiger partial charge in [0, 0.05) is 150 Å². The number of hydrogen-bond donors (Lipinski definition) is 1. The van der Waals surface area contributed by atoms with Gasteiger partial charge in [-0.25, -0.2) is 14.4 Å². The fourth-order valence-corrected chi connectivity index (χ4v) is 14.2. The number of methoxy groups -OCH3 is 1. The number of nitrogens with zero attached hydrogens (tertiary/aromatic N) is 3. The molecule has 9 rings (SSSR count). The van der Waals surface area contributed by atoms with Gasteiger partial charge in [-0.2, -0.15) is 0 Å². The second kappa shape index (κ2) is 59.0. The van der Waals surface area contributed by atoms with Crippen molar-refractivity contribution in [2.45, 2.75) is 85.8 Å². The van der Waals surface area contributed by atoms with Crippen molar-refractivity contribution in [2.75, 3.05) is 98.9 Å². The summed E-state index contributed by atoms with van der Waals surface area (Å²) in [5.41, 5.74) is 5.96. The van der Waals surface area contributed by atoms with Crippen molar-refractivity contribution in [3.63, 3.8) is 0 Å². The first-order valence-corrected chi connectivity index (χ1v) is 59.0. The van der Waals surface area contributed by atoms with E-state index in [2.05, 4.69) is 259 Å². The zero-order chi connectivity index (χ0) is 82.4. The fraction of sp³-hybridized carbons (Fsp3) is 0.421. The van der Waals surface area contributed by atoms with Gasteiger partial charge in [-0.3, -0.25) is 24.2 Å². The average molecular weight is 2420 g/mol. The first-order valence-electron chi connectivity index (χ1n) is 34.2. The Morgan fingerprint density at radius 3 is 1.35 bits per heavy atom. The van der Waals surface area contributed by atoms with E-state index >= 15 is 0 Å². The molecule has 34 heteroatoms. The molecule has 3 heterocycles. The Morgan fingerprint density at radius 1 is 0.536 bits per heavy atom. The van der Waals surface area contributed by atoms with E-state index in [1.54, 1.807) is 27.0 Å². The summed E-state index contributed by atoms with van der Waals surface area (Å²) in [6.45, 7) is 21.5. The number of likely N-dealkylation sites (tertiary alicyclic amines) is 2. The van der Waals surface area contributed by atoms with E-state index in [0.29, 0.717) is 42.4 Å². The molecular formula is C76H91Br4Cl7I4N4O13SiV. The number of amides is 1. The van der Waals surface area contributed by atoms with Crippen LogP contribution in [0.2, 0.25) is 19.6 Å². The molecule has 6 atom stereocenters. The minimum absolute atomic E-state index is 0.0591. The molecule has 6 aromatic rings. The van der Waals surface area contributed by atoms with Gasteiger partial charge in [-0.1, -0.05) is 262 Å². The predicted octanol–water partition coefficient (Wildman–Crippen LogP) is 23.3. The van der Waals surface area contributed by atoms with Crippen LogP contribution in [0.3, 0.4) is 0 Å². The summed E-state index contributed by atoms with van der Waals surface area (Å²) in [6, 6.07) is 52.7. The molecule has 0 bridgehead atoms. The first kappa shape index (κ1) is 105. The van der Waals surface area contributed by atoms with Gasteiger partial charge in [-0.15, -0.1) is 0 Å². The molecule has 3 saturated heterocycles. The average Bonchev–Trinajstić information content (AvgIpc) is 1.67. The van der Waals surface area contributed by atoms with Crippen molar-refractivity contribution < 1.29 is 71.4 Å². The quantitative estimate of drug-likeness (QED) is 0.00987. The summed E-state index contributed by atoms with van der Waals surface area (Å²) < 4.78 is 35.6. The first-order chi connectivity index (χ1) is 52.2. The van der Waals surface area contributed by atoms with Crippen molar-refractivity contribution in [3.05, 3.63) is 215 Å². The van der Waals surface area contributed by atoms with Crippen LogP contribution in [0.15, 0.2) is 182 Å². The molecule has 1 amide bonds. The number of alkyl halides is 6. The van der Waals surface area contributed by atoms with E-state index in [1.165, 1.54) is 39.4 Å². The van der Waals surface area contributed by atoms with Gasteiger partial charge in [0.05, 0.1) is 59.0 Å². The van der Waals surface area contributed by atoms with Crippen LogP contribution < -0.4 is 5.32 Å². The van der Waals surface area contributed by atoms with E-state index in [9.17, 15) is 28.8 Å². The van der Waals surface area contributed by atoms with Crippen molar-refractivity contribution in [2.24, 2.45) is 17.8 Å². The van der Waals surface area contributed by atoms with Gasteiger partial charge >= 0.3 is 84.8 Å². The molecule has 0 aromatic heterocycles. The maximum atomic E-state index is 12.4.